The van der Waals surface area contributed by atoms with Gasteiger partial charge in [0, 0.05) is 28.5 Å². The van der Waals surface area contributed by atoms with E-state index in [0.29, 0.717) is 22.1 Å². The quantitative estimate of drug-likeness (QED) is 0.510. The van der Waals surface area contributed by atoms with Crippen LogP contribution in [0.15, 0.2) is 79.1 Å². The molecule has 0 radical (unpaired) electrons. The number of nitrogens with one attached hydrogen (secondary N) is 2. The zero-order valence-corrected chi connectivity index (χ0v) is 14.9. The van der Waals surface area contributed by atoms with E-state index in [2.05, 4.69) is 20.6 Å². The van der Waals surface area contributed by atoms with E-state index in [1.54, 1.807) is 30.5 Å². The fourth-order valence-corrected chi connectivity index (χ4v) is 2.81. The van der Waals surface area contributed by atoms with Gasteiger partial charge in [0.05, 0.1) is 16.8 Å². The summed E-state index contributed by atoms with van der Waals surface area (Å²) >= 11 is 5.88. The van der Waals surface area contributed by atoms with Gasteiger partial charge in [-0.3, -0.25) is 9.78 Å². The van der Waals surface area contributed by atoms with Crippen LogP contribution in [0.1, 0.15) is 10.4 Å². The Morgan fingerprint density at radius 1 is 0.889 bits per heavy atom. The first kappa shape index (κ1) is 17.0. The Labute approximate surface area is 161 Å². The molecule has 0 aliphatic rings. The molecule has 132 valence electrons. The van der Waals surface area contributed by atoms with Crippen LogP contribution in [0.25, 0.3) is 10.9 Å². The maximum atomic E-state index is 12.6. The van der Waals surface area contributed by atoms with Crippen LogP contribution in [0.3, 0.4) is 0 Å². The number of hydrogen-bond donors (Lipinski definition) is 2. The van der Waals surface area contributed by atoms with Crippen molar-refractivity contribution in [3.8, 4) is 0 Å². The summed E-state index contributed by atoms with van der Waals surface area (Å²) in [6.07, 6.45) is 3.24. The van der Waals surface area contributed by atoms with Crippen molar-refractivity contribution < 1.29 is 4.79 Å². The van der Waals surface area contributed by atoms with Gasteiger partial charge in [-0.25, -0.2) is 4.98 Å². The molecular formula is C21H15ClN4O. The van der Waals surface area contributed by atoms with Crippen LogP contribution < -0.4 is 10.6 Å². The number of pyridine rings is 2. The minimum Gasteiger partial charge on any atom is -0.340 e. The molecule has 0 aliphatic carbocycles. The number of carbonyl (C=O) groups excluding carboxylic acids is 1. The van der Waals surface area contributed by atoms with Crippen LogP contribution in [0, 0.1) is 0 Å². The average Bonchev–Trinajstić information content (AvgIpc) is 2.70. The molecule has 2 aromatic heterocycles. The first-order valence-corrected chi connectivity index (χ1v) is 8.70. The van der Waals surface area contributed by atoms with Crippen molar-refractivity contribution >= 4 is 45.6 Å². The maximum absolute atomic E-state index is 12.6. The summed E-state index contributed by atoms with van der Waals surface area (Å²) in [5.41, 5.74) is 2.75. The lowest BCUT2D eigenvalue weighted by molar-refractivity contribution is 0.102. The molecule has 0 spiro atoms. The summed E-state index contributed by atoms with van der Waals surface area (Å²) in [4.78, 5) is 21.2. The highest BCUT2D eigenvalue weighted by molar-refractivity contribution is 6.30. The second kappa shape index (κ2) is 7.43. The summed E-state index contributed by atoms with van der Waals surface area (Å²) < 4.78 is 0. The van der Waals surface area contributed by atoms with Gasteiger partial charge in [-0.05, 0) is 48.5 Å². The zero-order valence-electron chi connectivity index (χ0n) is 14.2. The van der Waals surface area contributed by atoms with Crippen LogP contribution in [-0.2, 0) is 0 Å². The molecule has 27 heavy (non-hydrogen) atoms. The topological polar surface area (TPSA) is 66.9 Å². The van der Waals surface area contributed by atoms with Gasteiger partial charge in [0.15, 0.2) is 0 Å². The number of aromatic nitrogens is 2. The lowest BCUT2D eigenvalue weighted by Crippen LogP contribution is -2.12. The second-order valence-electron chi connectivity index (χ2n) is 5.90. The summed E-state index contributed by atoms with van der Waals surface area (Å²) in [7, 11) is 0. The molecule has 4 aromatic rings. The molecule has 4 rings (SSSR count). The van der Waals surface area contributed by atoms with E-state index in [1.807, 2.05) is 42.5 Å². The molecule has 2 heterocycles. The van der Waals surface area contributed by atoms with Gasteiger partial charge >= 0.3 is 0 Å². The van der Waals surface area contributed by atoms with Gasteiger partial charge in [0.2, 0.25) is 0 Å². The smallest absolute Gasteiger partial charge is 0.257 e. The Morgan fingerprint density at radius 2 is 1.70 bits per heavy atom. The van der Waals surface area contributed by atoms with Crippen molar-refractivity contribution in [2.45, 2.75) is 0 Å². The summed E-state index contributed by atoms with van der Waals surface area (Å²) in [5, 5.41) is 7.70. The standard InChI is InChI=1S/C21H15ClN4O/c22-16-7-9-17(10-8-16)25-19-11-6-15(13-24-19)21(27)26-18-5-1-3-14-4-2-12-23-20(14)18/h1-13H,(H,24,25)(H,26,27). The Morgan fingerprint density at radius 3 is 2.48 bits per heavy atom. The predicted molar refractivity (Wildman–Crippen MR) is 109 cm³/mol. The molecule has 5 nitrogen and oxygen atoms in total. The van der Waals surface area contributed by atoms with Crippen LogP contribution in [-0.4, -0.2) is 15.9 Å². The zero-order chi connectivity index (χ0) is 18.6. The Balaban J connectivity index is 1.50. The number of para-hydroxylation sites is 1. The Hall–Kier alpha value is -3.44. The van der Waals surface area contributed by atoms with Crippen LogP contribution in [0.5, 0.6) is 0 Å². The van der Waals surface area contributed by atoms with Crippen LogP contribution in [0.2, 0.25) is 5.02 Å². The lowest BCUT2D eigenvalue weighted by Gasteiger charge is -2.09. The number of fused-ring (bicyclic) bond motifs is 1. The van der Waals surface area contributed by atoms with Crippen molar-refractivity contribution in [1.82, 2.24) is 9.97 Å². The molecular weight excluding hydrogens is 360 g/mol. The third-order valence-electron chi connectivity index (χ3n) is 4.02. The van der Waals surface area contributed by atoms with E-state index < -0.39 is 0 Å². The van der Waals surface area contributed by atoms with E-state index in [0.717, 1.165) is 16.6 Å². The number of nitrogens with zero attached hydrogens (tertiary/aromatic N) is 2. The number of benzene rings is 2. The van der Waals surface area contributed by atoms with Gasteiger partial charge in [-0.15, -0.1) is 0 Å². The van der Waals surface area contributed by atoms with Crippen molar-refractivity contribution in [3.63, 3.8) is 0 Å². The van der Waals surface area contributed by atoms with Gasteiger partial charge < -0.3 is 10.6 Å². The molecule has 2 aromatic carbocycles. The molecule has 1 amide bonds. The summed E-state index contributed by atoms with van der Waals surface area (Å²) in [5.74, 6) is 0.402. The third-order valence-corrected chi connectivity index (χ3v) is 4.28. The molecule has 0 bridgehead atoms. The lowest BCUT2D eigenvalue weighted by atomic mass is 10.2. The summed E-state index contributed by atoms with van der Waals surface area (Å²) in [6.45, 7) is 0. The molecule has 0 saturated carbocycles. The fraction of sp³-hybridized carbons (Fsp3) is 0. The van der Waals surface area contributed by atoms with Gasteiger partial charge in [-0.2, -0.15) is 0 Å². The number of rotatable bonds is 4. The first-order chi connectivity index (χ1) is 13.2. The number of hydrogen-bond acceptors (Lipinski definition) is 4. The number of halogens is 1. The first-order valence-electron chi connectivity index (χ1n) is 8.33. The maximum Gasteiger partial charge on any atom is 0.257 e. The average molecular weight is 375 g/mol. The SMILES string of the molecule is O=C(Nc1cccc2cccnc12)c1ccc(Nc2ccc(Cl)cc2)nc1. The molecule has 0 saturated heterocycles. The van der Waals surface area contributed by atoms with Crippen molar-refractivity contribution in [2.24, 2.45) is 0 Å². The van der Waals surface area contributed by atoms with E-state index in [9.17, 15) is 4.79 Å². The highest BCUT2D eigenvalue weighted by Crippen LogP contribution is 2.22. The fourth-order valence-electron chi connectivity index (χ4n) is 2.68. The molecule has 0 aliphatic heterocycles. The Bertz CT molecular complexity index is 1090. The van der Waals surface area contributed by atoms with Crippen molar-refractivity contribution in [2.75, 3.05) is 10.6 Å². The minimum absolute atomic E-state index is 0.237. The van der Waals surface area contributed by atoms with Gasteiger partial charge in [-0.1, -0.05) is 29.8 Å². The number of carbonyl (C=O) groups is 1. The number of amides is 1. The normalized spacial score (nSPS) is 10.6. The van der Waals surface area contributed by atoms with Crippen molar-refractivity contribution in [3.05, 3.63) is 89.7 Å². The second-order valence-corrected chi connectivity index (χ2v) is 6.34. The van der Waals surface area contributed by atoms with Crippen molar-refractivity contribution in [1.29, 1.82) is 0 Å². The monoisotopic (exact) mass is 374 g/mol. The highest BCUT2D eigenvalue weighted by atomic mass is 35.5. The largest absolute Gasteiger partial charge is 0.340 e. The summed E-state index contributed by atoms with van der Waals surface area (Å²) in [6, 6.07) is 20.3. The highest BCUT2D eigenvalue weighted by Gasteiger charge is 2.09. The van der Waals surface area contributed by atoms with E-state index in [4.69, 9.17) is 11.6 Å². The molecule has 0 atom stereocenters. The van der Waals surface area contributed by atoms with Crippen LogP contribution >= 0.6 is 11.6 Å². The van der Waals surface area contributed by atoms with Gasteiger partial charge in [0.1, 0.15) is 5.82 Å². The third kappa shape index (κ3) is 3.88. The van der Waals surface area contributed by atoms with E-state index in [1.165, 1.54) is 6.20 Å². The molecule has 0 unspecified atom stereocenters. The predicted octanol–water partition coefficient (Wildman–Crippen LogP) is 5.28. The molecule has 2 N–H and O–H groups in total. The van der Waals surface area contributed by atoms with Gasteiger partial charge in [0.25, 0.3) is 5.91 Å². The molecule has 6 heteroatoms. The molecule has 0 fully saturated rings. The van der Waals surface area contributed by atoms with Crippen LogP contribution in [0.4, 0.5) is 17.2 Å². The van der Waals surface area contributed by atoms with E-state index in [-0.39, 0.29) is 5.91 Å². The van der Waals surface area contributed by atoms with E-state index >= 15 is 0 Å². The Kier molecular flexibility index (Phi) is 4.68. The number of anilines is 3. The minimum atomic E-state index is -0.237.